The van der Waals surface area contributed by atoms with Gasteiger partial charge in [-0.3, -0.25) is 10.2 Å². The van der Waals surface area contributed by atoms with Crippen molar-refractivity contribution >= 4 is 34.3 Å². The molecule has 3 aromatic rings. The molecule has 4 rings (SSSR count). The molecule has 1 N–H and O–H groups in total. The molecule has 0 bridgehead atoms. The average molecular weight is 423 g/mol. The first-order valence-electron chi connectivity index (χ1n) is 10.2. The maximum absolute atomic E-state index is 12.3. The highest BCUT2D eigenvalue weighted by Crippen LogP contribution is 2.32. The predicted octanol–water partition coefficient (Wildman–Crippen LogP) is 5.01. The van der Waals surface area contributed by atoms with Crippen molar-refractivity contribution in [1.29, 1.82) is 0 Å². The van der Waals surface area contributed by atoms with Crippen molar-refractivity contribution in [2.24, 2.45) is 0 Å². The third-order valence-corrected chi connectivity index (χ3v) is 6.25. The summed E-state index contributed by atoms with van der Waals surface area (Å²) in [7, 11) is 0. The number of nitrogens with zero attached hydrogens (tertiary/aromatic N) is 1. The standard InChI is InChI=1S/C24H26N2O3S/c27-24(29-17-14-26-12-15-28-16-13-26)25-22-10-3-4-11-23(22)30-18-20-8-5-7-19-6-1-2-9-21(19)20/h1-11H,12-18H2,(H,25,27). The molecule has 156 valence electrons. The number of hydrogen-bond donors (Lipinski definition) is 1. The summed E-state index contributed by atoms with van der Waals surface area (Å²) in [5.74, 6) is 0.826. The lowest BCUT2D eigenvalue weighted by atomic mass is 10.1. The van der Waals surface area contributed by atoms with Crippen LogP contribution < -0.4 is 5.32 Å². The van der Waals surface area contributed by atoms with E-state index in [0.29, 0.717) is 6.61 Å². The van der Waals surface area contributed by atoms with Gasteiger partial charge in [-0.15, -0.1) is 11.8 Å². The molecule has 30 heavy (non-hydrogen) atoms. The van der Waals surface area contributed by atoms with Gasteiger partial charge in [-0.2, -0.15) is 0 Å². The third kappa shape index (κ3) is 5.53. The quantitative estimate of drug-likeness (QED) is 0.542. The molecule has 3 aromatic carbocycles. The van der Waals surface area contributed by atoms with E-state index in [1.165, 1.54) is 16.3 Å². The number of fused-ring (bicyclic) bond motifs is 1. The van der Waals surface area contributed by atoms with Gasteiger partial charge in [-0.1, -0.05) is 54.6 Å². The molecular weight excluding hydrogens is 396 g/mol. The molecule has 0 radical (unpaired) electrons. The number of morpholine rings is 1. The Balaban J connectivity index is 1.33. The summed E-state index contributed by atoms with van der Waals surface area (Å²) < 4.78 is 10.7. The van der Waals surface area contributed by atoms with Gasteiger partial charge in [-0.25, -0.2) is 4.79 Å². The first-order valence-corrected chi connectivity index (χ1v) is 11.2. The Labute approximate surface area is 181 Å². The van der Waals surface area contributed by atoms with Gasteiger partial charge in [0.1, 0.15) is 6.61 Å². The molecule has 5 nitrogen and oxygen atoms in total. The Morgan fingerprint density at radius 2 is 1.77 bits per heavy atom. The van der Waals surface area contributed by atoms with Crippen LogP contribution in [-0.4, -0.2) is 50.4 Å². The van der Waals surface area contributed by atoms with E-state index in [2.05, 4.69) is 52.7 Å². The van der Waals surface area contributed by atoms with Crippen molar-refractivity contribution in [1.82, 2.24) is 4.90 Å². The second-order valence-corrected chi connectivity index (χ2v) is 8.16. The van der Waals surface area contributed by atoms with Crippen LogP contribution in [0.3, 0.4) is 0 Å². The molecule has 6 heteroatoms. The Kier molecular flexibility index (Phi) is 7.24. The highest BCUT2D eigenvalue weighted by molar-refractivity contribution is 7.98. The Bertz CT molecular complexity index is 984. The van der Waals surface area contributed by atoms with Crippen LogP contribution in [0.4, 0.5) is 10.5 Å². The molecule has 1 fully saturated rings. The molecular formula is C24H26N2O3S. The van der Waals surface area contributed by atoms with Crippen LogP contribution in [0.25, 0.3) is 10.8 Å². The number of benzene rings is 3. The smallest absolute Gasteiger partial charge is 0.411 e. The molecule has 0 unspecified atom stereocenters. The molecule has 0 atom stereocenters. The van der Waals surface area contributed by atoms with Crippen LogP contribution in [0.5, 0.6) is 0 Å². The summed E-state index contributed by atoms with van der Waals surface area (Å²) in [6.45, 7) is 4.36. The van der Waals surface area contributed by atoms with Crippen molar-refractivity contribution in [3.05, 3.63) is 72.3 Å². The zero-order valence-electron chi connectivity index (χ0n) is 16.9. The number of amides is 1. The largest absolute Gasteiger partial charge is 0.448 e. The number of carbonyl (C=O) groups excluding carboxylic acids is 1. The van der Waals surface area contributed by atoms with E-state index in [4.69, 9.17) is 9.47 Å². The van der Waals surface area contributed by atoms with Crippen LogP contribution in [0.2, 0.25) is 0 Å². The molecule has 1 aliphatic heterocycles. The summed E-state index contributed by atoms with van der Waals surface area (Å²) in [6, 6.07) is 22.6. The summed E-state index contributed by atoms with van der Waals surface area (Å²) in [4.78, 5) is 15.5. The van der Waals surface area contributed by atoms with E-state index in [9.17, 15) is 4.79 Å². The lowest BCUT2D eigenvalue weighted by Crippen LogP contribution is -2.38. The van der Waals surface area contributed by atoms with Crippen molar-refractivity contribution in [3.8, 4) is 0 Å². The first-order chi connectivity index (χ1) is 14.8. The molecule has 1 saturated heterocycles. The number of ether oxygens (including phenoxy) is 2. The van der Waals surface area contributed by atoms with E-state index < -0.39 is 6.09 Å². The molecule has 1 amide bonds. The van der Waals surface area contributed by atoms with E-state index >= 15 is 0 Å². The molecule has 0 spiro atoms. The highest BCUT2D eigenvalue weighted by Gasteiger charge is 2.12. The first kappa shape index (κ1) is 20.7. The minimum Gasteiger partial charge on any atom is -0.448 e. The number of nitrogens with one attached hydrogen (secondary N) is 1. The normalized spacial score (nSPS) is 14.5. The lowest BCUT2D eigenvalue weighted by Gasteiger charge is -2.26. The minimum absolute atomic E-state index is 0.372. The van der Waals surface area contributed by atoms with Gasteiger partial charge in [0.25, 0.3) is 0 Å². The van der Waals surface area contributed by atoms with Crippen LogP contribution >= 0.6 is 11.8 Å². The van der Waals surface area contributed by atoms with Gasteiger partial charge in [-0.05, 0) is 28.5 Å². The van der Waals surface area contributed by atoms with E-state index in [1.807, 2.05) is 24.3 Å². The number of hydrogen-bond acceptors (Lipinski definition) is 5. The zero-order valence-corrected chi connectivity index (χ0v) is 17.7. The second kappa shape index (κ2) is 10.5. The van der Waals surface area contributed by atoms with Gasteiger partial charge in [0.15, 0.2) is 0 Å². The Hall–Kier alpha value is -2.54. The van der Waals surface area contributed by atoms with Crippen LogP contribution in [0, 0.1) is 0 Å². The number of thioether (sulfide) groups is 1. The van der Waals surface area contributed by atoms with Gasteiger partial charge >= 0.3 is 6.09 Å². The highest BCUT2D eigenvalue weighted by atomic mass is 32.2. The monoisotopic (exact) mass is 422 g/mol. The van der Waals surface area contributed by atoms with E-state index in [-0.39, 0.29) is 0 Å². The fourth-order valence-corrected chi connectivity index (χ4v) is 4.52. The second-order valence-electron chi connectivity index (χ2n) is 7.14. The van der Waals surface area contributed by atoms with Gasteiger partial charge < -0.3 is 9.47 Å². The van der Waals surface area contributed by atoms with Crippen LogP contribution in [0.1, 0.15) is 5.56 Å². The maximum Gasteiger partial charge on any atom is 0.411 e. The minimum atomic E-state index is -0.415. The number of para-hydroxylation sites is 1. The number of anilines is 1. The average Bonchev–Trinajstić information content (AvgIpc) is 2.79. The van der Waals surface area contributed by atoms with Gasteiger partial charge in [0.2, 0.25) is 0 Å². The predicted molar refractivity (Wildman–Crippen MR) is 122 cm³/mol. The molecule has 0 saturated carbocycles. The SMILES string of the molecule is O=C(Nc1ccccc1SCc1cccc2ccccc12)OCCN1CCOCC1. The number of carbonyl (C=O) groups is 1. The summed E-state index contributed by atoms with van der Waals surface area (Å²) >= 11 is 1.71. The fraction of sp³-hybridized carbons (Fsp3) is 0.292. The van der Waals surface area contributed by atoms with Crippen LogP contribution in [-0.2, 0) is 15.2 Å². The van der Waals surface area contributed by atoms with Crippen molar-refractivity contribution in [2.45, 2.75) is 10.6 Å². The topological polar surface area (TPSA) is 50.8 Å². The van der Waals surface area contributed by atoms with E-state index in [1.54, 1.807) is 11.8 Å². The number of rotatable bonds is 7. The van der Waals surface area contributed by atoms with Crippen molar-refractivity contribution < 1.29 is 14.3 Å². The maximum atomic E-state index is 12.3. The van der Waals surface area contributed by atoms with E-state index in [0.717, 1.165) is 49.2 Å². The van der Waals surface area contributed by atoms with Gasteiger partial charge in [0, 0.05) is 30.3 Å². The van der Waals surface area contributed by atoms with Gasteiger partial charge in [0.05, 0.1) is 18.9 Å². The molecule has 1 aliphatic rings. The lowest BCUT2D eigenvalue weighted by molar-refractivity contribution is 0.0290. The summed E-state index contributed by atoms with van der Waals surface area (Å²) in [5.41, 5.74) is 2.06. The van der Waals surface area contributed by atoms with Crippen molar-refractivity contribution in [3.63, 3.8) is 0 Å². The summed E-state index contributed by atoms with van der Waals surface area (Å²) in [5, 5.41) is 5.40. The van der Waals surface area contributed by atoms with Crippen LogP contribution in [0.15, 0.2) is 71.6 Å². The fourth-order valence-electron chi connectivity index (χ4n) is 3.51. The molecule has 0 aliphatic carbocycles. The molecule has 0 aromatic heterocycles. The summed E-state index contributed by atoms with van der Waals surface area (Å²) in [6.07, 6.45) is -0.415. The Morgan fingerprint density at radius 3 is 2.67 bits per heavy atom. The molecule has 1 heterocycles. The Morgan fingerprint density at radius 1 is 1.00 bits per heavy atom. The zero-order chi connectivity index (χ0) is 20.6. The van der Waals surface area contributed by atoms with Crippen molar-refractivity contribution in [2.75, 3.05) is 44.8 Å². The third-order valence-electron chi connectivity index (χ3n) is 5.13.